The standard InChI is InChI=1S/C61H36N4O/c1-2-15-38(16-3-1)59-62-60(49-25-12-23-45-44-21-9-8-14-37(44)28-30-46(45)49)64-61(63-59)50-31-29-43(65-54-26-11-10-22-47(54)52-32-39-17-4-6-19-41(39)34-55(52)65)36-51(50)48-24-13-27-56-58(48)53-33-40-18-5-7-20-42(40)35-57(53)66-56/h1-36H. The summed E-state index contributed by atoms with van der Waals surface area (Å²) in [6, 6.07) is 77.6. The van der Waals surface area contributed by atoms with Crippen LogP contribution in [0.15, 0.2) is 223 Å². The second-order valence-corrected chi connectivity index (χ2v) is 17.1. The first kappa shape index (κ1) is 36.5. The first-order valence-electron chi connectivity index (χ1n) is 22.3. The van der Waals surface area contributed by atoms with Gasteiger partial charge in [-0.2, -0.15) is 0 Å². The third kappa shape index (κ3) is 5.63. The average Bonchev–Trinajstić information content (AvgIpc) is 3.91. The van der Waals surface area contributed by atoms with Gasteiger partial charge in [0.25, 0.3) is 0 Å². The molecule has 0 amide bonds. The molecule has 3 heterocycles. The first-order chi connectivity index (χ1) is 32.7. The Bertz CT molecular complexity index is 4300. The van der Waals surface area contributed by atoms with Gasteiger partial charge < -0.3 is 8.98 Å². The lowest BCUT2D eigenvalue weighted by molar-refractivity contribution is 0.669. The van der Waals surface area contributed by atoms with E-state index >= 15 is 0 Å². The maximum atomic E-state index is 6.71. The summed E-state index contributed by atoms with van der Waals surface area (Å²) in [5, 5.41) is 13.9. The van der Waals surface area contributed by atoms with Crippen LogP contribution in [0.1, 0.15) is 0 Å². The van der Waals surface area contributed by atoms with Crippen molar-refractivity contribution in [2.24, 2.45) is 0 Å². The minimum Gasteiger partial charge on any atom is -0.456 e. The molecular weight excluding hydrogens is 805 g/mol. The van der Waals surface area contributed by atoms with Gasteiger partial charge in [0, 0.05) is 43.9 Å². The summed E-state index contributed by atoms with van der Waals surface area (Å²) in [4.78, 5) is 16.1. The number of para-hydroxylation sites is 1. The van der Waals surface area contributed by atoms with Crippen molar-refractivity contribution in [2.45, 2.75) is 0 Å². The molecule has 14 rings (SSSR count). The monoisotopic (exact) mass is 840 g/mol. The zero-order valence-electron chi connectivity index (χ0n) is 35.5. The van der Waals surface area contributed by atoms with Crippen molar-refractivity contribution in [3.63, 3.8) is 0 Å². The van der Waals surface area contributed by atoms with Crippen molar-refractivity contribution >= 4 is 86.8 Å². The third-order valence-electron chi connectivity index (χ3n) is 13.4. The molecule has 0 aliphatic carbocycles. The van der Waals surface area contributed by atoms with Gasteiger partial charge >= 0.3 is 0 Å². The van der Waals surface area contributed by atoms with Gasteiger partial charge in [-0.3, -0.25) is 0 Å². The van der Waals surface area contributed by atoms with Crippen molar-refractivity contribution < 1.29 is 4.42 Å². The van der Waals surface area contributed by atoms with Crippen molar-refractivity contribution in [2.75, 3.05) is 0 Å². The van der Waals surface area contributed by atoms with Crippen LogP contribution in [0, 0.1) is 0 Å². The van der Waals surface area contributed by atoms with E-state index in [-0.39, 0.29) is 0 Å². The fourth-order valence-electron chi connectivity index (χ4n) is 10.3. The molecule has 0 fully saturated rings. The van der Waals surface area contributed by atoms with Crippen LogP contribution in [0.3, 0.4) is 0 Å². The number of benzene rings is 11. The van der Waals surface area contributed by atoms with Crippen LogP contribution in [0.25, 0.3) is 138 Å². The Morgan fingerprint density at radius 3 is 1.74 bits per heavy atom. The molecule has 0 atom stereocenters. The predicted molar refractivity (Wildman–Crippen MR) is 273 cm³/mol. The van der Waals surface area contributed by atoms with E-state index in [2.05, 4.69) is 205 Å². The maximum absolute atomic E-state index is 6.71. The molecule has 5 heteroatoms. The number of hydrogen-bond donors (Lipinski definition) is 0. The van der Waals surface area contributed by atoms with Crippen LogP contribution in [-0.2, 0) is 0 Å². The van der Waals surface area contributed by atoms with E-state index in [1.54, 1.807) is 0 Å². The Morgan fingerprint density at radius 1 is 0.303 bits per heavy atom. The highest BCUT2D eigenvalue weighted by Gasteiger charge is 2.23. The molecule has 0 bridgehead atoms. The number of hydrogen-bond acceptors (Lipinski definition) is 4. The molecule has 0 radical (unpaired) electrons. The zero-order valence-corrected chi connectivity index (χ0v) is 35.5. The van der Waals surface area contributed by atoms with Gasteiger partial charge in [0.1, 0.15) is 11.2 Å². The Hall–Kier alpha value is -8.93. The molecule has 5 nitrogen and oxygen atoms in total. The molecule has 66 heavy (non-hydrogen) atoms. The molecule has 0 spiro atoms. The van der Waals surface area contributed by atoms with Crippen LogP contribution >= 0.6 is 0 Å². The smallest absolute Gasteiger partial charge is 0.164 e. The normalized spacial score (nSPS) is 11.9. The lowest BCUT2D eigenvalue weighted by Crippen LogP contribution is -2.02. The van der Waals surface area contributed by atoms with Crippen molar-refractivity contribution in [3.05, 3.63) is 218 Å². The molecule has 0 saturated carbocycles. The zero-order chi connectivity index (χ0) is 43.3. The second kappa shape index (κ2) is 14.3. The SMILES string of the molecule is c1ccc(-c2nc(-c3ccc(-n4c5ccccc5c5cc6ccccc6cc54)cc3-c3cccc4oc5cc6ccccc6cc5c34)nc(-c3cccc4c3ccc3ccccc34)n2)cc1. The number of aromatic nitrogens is 4. The van der Waals surface area contributed by atoms with Gasteiger partial charge in [-0.15, -0.1) is 0 Å². The lowest BCUT2D eigenvalue weighted by atomic mass is 9.93. The minimum atomic E-state index is 0.585. The molecule has 11 aromatic carbocycles. The van der Waals surface area contributed by atoms with E-state index in [0.29, 0.717) is 17.5 Å². The first-order valence-corrected chi connectivity index (χ1v) is 22.3. The largest absolute Gasteiger partial charge is 0.456 e. The van der Waals surface area contributed by atoms with Crippen molar-refractivity contribution in [3.8, 4) is 51.0 Å². The third-order valence-corrected chi connectivity index (χ3v) is 13.4. The Labute approximate surface area is 378 Å². The summed E-state index contributed by atoms with van der Waals surface area (Å²) < 4.78 is 9.11. The fourth-order valence-corrected chi connectivity index (χ4v) is 10.3. The van der Waals surface area contributed by atoms with E-state index < -0.39 is 0 Å². The molecule has 0 N–H and O–H groups in total. The Kier molecular flexibility index (Phi) is 7.91. The molecule has 0 unspecified atom stereocenters. The number of nitrogens with zero attached hydrogens (tertiary/aromatic N) is 4. The minimum absolute atomic E-state index is 0.585. The summed E-state index contributed by atoms with van der Waals surface area (Å²) in [5.74, 6) is 1.81. The lowest BCUT2D eigenvalue weighted by Gasteiger charge is -2.16. The highest BCUT2D eigenvalue weighted by molar-refractivity contribution is 6.18. The summed E-state index contributed by atoms with van der Waals surface area (Å²) in [7, 11) is 0. The summed E-state index contributed by atoms with van der Waals surface area (Å²) in [5.41, 5.74) is 9.75. The highest BCUT2D eigenvalue weighted by Crippen LogP contribution is 2.44. The van der Waals surface area contributed by atoms with E-state index in [0.717, 1.165) is 88.0 Å². The van der Waals surface area contributed by atoms with Gasteiger partial charge in [-0.25, -0.2) is 15.0 Å². The van der Waals surface area contributed by atoms with Crippen LogP contribution < -0.4 is 0 Å². The summed E-state index contributed by atoms with van der Waals surface area (Å²) in [6.45, 7) is 0. The van der Waals surface area contributed by atoms with E-state index in [1.165, 1.54) is 32.3 Å². The number of furan rings is 1. The number of fused-ring (bicyclic) bond motifs is 11. The molecule has 14 aromatic rings. The summed E-state index contributed by atoms with van der Waals surface area (Å²) >= 11 is 0. The highest BCUT2D eigenvalue weighted by atomic mass is 16.3. The van der Waals surface area contributed by atoms with Gasteiger partial charge in [-0.1, -0.05) is 164 Å². The Balaban J connectivity index is 1.08. The van der Waals surface area contributed by atoms with Crippen LogP contribution in [0.4, 0.5) is 0 Å². The second-order valence-electron chi connectivity index (χ2n) is 17.1. The van der Waals surface area contributed by atoms with Crippen LogP contribution in [0.2, 0.25) is 0 Å². The van der Waals surface area contributed by atoms with Gasteiger partial charge in [0.15, 0.2) is 17.5 Å². The van der Waals surface area contributed by atoms with E-state index in [9.17, 15) is 0 Å². The topological polar surface area (TPSA) is 56.7 Å². The molecule has 0 aliphatic heterocycles. The van der Waals surface area contributed by atoms with E-state index in [4.69, 9.17) is 19.4 Å². The van der Waals surface area contributed by atoms with Crippen molar-refractivity contribution in [1.82, 2.24) is 19.5 Å². The average molecular weight is 841 g/mol. The molecular formula is C61H36N4O. The number of rotatable bonds is 5. The maximum Gasteiger partial charge on any atom is 0.164 e. The molecule has 0 aliphatic rings. The van der Waals surface area contributed by atoms with Crippen LogP contribution in [-0.4, -0.2) is 19.5 Å². The molecule has 0 saturated heterocycles. The molecule has 3 aromatic heterocycles. The van der Waals surface area contributed by atoms with Crippen LogP contribution in [0.5, 0.6) is 0 Å². The van der Waals surface area contributed by atoms with Crippen molar-refractivity contribution in [1.29, 1.82) is 0 Å². The fraction of sp³-hybridized carbons (Fsp3) is 0. The Morgan fingerprint density at radius 2 is 0.924 bits per heavy atom. The predicted octanol–water partition coefficient (Wildman–Crippen LogP) is 16.1. The molecule has 306 valence electrons. The van der Waals surface area contributed by atoms with Gasteiger partial charge in [-0.05, 0) is 109 Å². The van der Waals surface area contributed by atoms with E-state index in [1.807, 2.05) is 18.2 Å². The van der Waals surface area contributed by atoms with Gasteiger partial charge in [0.05, 0.1) is 11.0 Å². The summed E-state index contributed by atoms with van der Waals surface area (Å²) in [6.07, 6.45) is 0. The van der Waals surface area contributed by atoms with Gasteiger partial charge in [0.2, 0.25) is 0 Å². The quantitative estimate of drug-likeness (QED) is 0.162.